The Morgan fingerprint density at radius 1 is 1.00 bits per heavy atom. The van der Waals surface area contributed by atoms with Gasteiger partial charge in [-0.15, -0.1) is 0 Å². The smallest absolute Gasteiger partial charge is 0.126 e. The van der Waals surface area contributed by atoms with Crippen LogP contribution in [0.4, 0.5) is 4.39 Å². The van der Waals surface area contributed by atoms with Crippen molar-refractivity contribution >= 4 is 10.9 Å². The Bertz CT molecular complexity index is 1100. The Balaban J connectivity index is 1.97. The fourth-order valence-electron chi connectivity index (χ4n) is 3.36. The van der Waals surface area contributed by atoms with Crippen molar-refractivity contribution in [2.24, 2.45) is 0 Å². The van der Waals surface area contributed by atoms with Gasteiger partial charge >= 0.3 is 0 Å². The number of aryl methyl sites for hydroxylation is 2. The van der Waals surface area contributed by atoms with Gasteiger partial charge in [0.1, 0.15) is 5.82 Å². The van der Waals surface area contributed by atoms with E-state index in [1.165, 1.54) is 5.56 Å². The molecule has 0 saturated heterocycles. The molecule has 0 aliphatic heterocycles. The number of pyridine rings is 2. The van der Waals surface area contributed by atoms with E-state index in [2.05, 4.69) is 30.1 Å². The van der Waals surface area contributed by atoms with E-state index in [0.717, 1.165) is 39.7 Å². The van der Waals surface area contributed by atoms with Crippen molar-refractivity contribution in [2.45, 2.75) is 20.3 Å². The third-order valence-electron chi connectivity index (χ3n) is 4.74. The Hall–Kier alpha value is -3.07. The molecule has 2 heterocycles. The number of rotatable bonds is 3. The highest BCUT2D eigenvalue weighted by Crippen LogP contribution is 2.35. The summed E-state index contributed by atoms with van der Waals surface area (Å²) in [4.78, 5) is 8.98. The molecule has 0 amide bonds. The zero-order chi connectivity index (χ0) is 18.1. The first-order valence-electron chi connectivity index (χ1n) is 8.77. The van der Waals surface area contributed by atoms with Gasteiger partial charge < -0.3 is 0 Å². The van der Waals surface area contributed by atoms with Crippen LogP contribution in [0.3, 0.4) is 0 Å². The predicted molar refractivity (Wildman–Crippen MR) is 104 cm³/mol. The highest BCUT2D eigenvalue weighted by molar-refractivity contribution is 5.87. The van der Waals surface area contributed by atoms with E-state index in [4.69, 9.17) is 4.98 Å². The van der Waals surface area contributed by atoms with Gasteiger partial charge in [-0.1, -0.05) is 31.2 Å². The topological polar surface area (TPSA) is 25.8 Å². The van der Waals surface area contributed by atoms with Gasteiger partial charge in [-0.05, 0) is 65.9 Å². The van der Waals surface area contributed by atoms with Gasteiger partial charge in [-0.3, -0.25) is 4.98 Å². The maximum atomic E-state index is 13.8. The molecule has 0 saturated carbocycles. The number of aromatic nitrogens is 2. The molecule has 0 aliphatic rings. The maximum absolute atomic E-state index is 13.8. The molecule has 0 unspecified atom stereocenters. The Labute approximate surface area is 152 Å². The van der Waals surface area contributed by atoms with Crippen LogP contribution in [0.5, 0.6) is 0 Å². The van der Waals surface area contributed by atoms with Crippen molar-refractivity contribution in [1.82, 2.24) is 9.97 Å². The molecule has 3 heteroatoms. The van der Waals surface area contributed by atoms with Crippen molar-refractivity contribution in [2.75, 3.05) is 0 Å². The lowest BCUT2D eigenvalue weighted by Gasteiger charge is -2.15. The van der Waals surface area contributed by atoms with E-state index in [1.807, 2.05) is 36.5 Å². The molecule has 0 bridgehead atoms. The molecule has 2 aromatic carbocycles. The summed E-state index contributed by atoms with van der Waals surface area (Å²) in [6.07, 6.45) is 4.47. The van der Waals surface area contributed by atoms with E-state index < -0.39 is 0 Å². The van der Waals surface area contributed by atoms with Crippen molar-refractivity contribution in [3.05, 3.63) is 83.9 Å². The number of nitrogens with zero attached hydrogens (tertiary/aromatic N) is 2. The summed E-state index contributed by atoms with van der Waals surface area (Å²) in [5.41, 5.74) is 6.92. The van der Waals surface area contributed by atoms with Gasteiger partial charge in [0.15, 0.2) is 0 Å². The minimum absolute atomic E-state index is 0.180. The van der Waals surface area contributed by atoms with Gasteiger partial charge in [0.05, 0.1) is 11.2 Å². The standard InChI is InChI=1S/C23H19FN2/c1-3-16-5-4-6-19(23(16)17-7-9-20(24)15(2)13-17)22-10-8-18-14-25-12-11-21(18)26-22/h4-14H,3H2,1-2H3. The quantitative estimate of drug-likeness (QED) is 0.458. The van der Waals surface area contributed by atoms with Crippen LogP contribution in [0.15, 0.2) is 67.0 Å². The van der Waals surface area contributed by atoms with Crippen molar-refractivity contribution < 1.29 is 4.39 Å². The molecular weight excluding hydrogens is 323 g/mol. The average molecular weight is 342 g/mol. The molecule has 2 aromatic heterocycles. The lowest BCUT2D eigenvalue weighted by atomic mass is 9.90. The number of benzene rings is 2. The van der Waals surface area contributed by atoms with Crippen LogP contribution < -0.4 is 0 Å². The third-order valence-corrected chi connectivity index (χ3v) is 4.74. The summed E-state index contributed by atoms with van der Waals surface area (Å²) >= 11 is 0. The summed E-state index contributed by atoms with van der Waals surface area (Å²) in [6.45, 7) is 3.94. The van der Waals surface area contributed by atoms with E-state index >= 15 is 0 Å². The number of hydrogen-bond acceptors (Lipinski definition) is 2. The highest BCUT2D eigenvalue weighted by atomic mass is 19.1. The lowest BCUT2D eigenvalue weighted by Crippen LogP contribution is -1.95. The van der Waals surface area contributed by atoms with E-state index in [-0.39, 0.29) is 5.82 Å². The van der Waals surface area contributed by atoms with Gasteiger partial charge in [0, 0.05) is 23.3 Å². The van der Waals surface area contributed by atoms with Crippen LogP contribution in [0.25, 0.3) is 33.3 Å². The maximum Gasteiger partial charge on any atom is 0.126 e. The number of hydrogen-bond donors (Lipinski definition) is 0. The van der Waals surface area contributed by atoms with Gasteiger partial charge in [-0.2, -0.15) is 0 Å². The molecular formula is C23H19FN2. The Morgan fingerprint density at radius 3 is 2.69 bits per heavy atom. The van der Waals surface area contributed by atoms with Crippen LogP contribution in [-0.2, 0) is 6.42 Å². The first-order chi connectivity index (χ1) is 12.7. The van der Waals surface area contributed by atoms with Crippen LogP contribution in [0.1, 0.15) is 18.1 Å². The van der Waals surface area contributed by atoms with E-state index in [1.54, 1.807) is 19.2 Å². The number of fused-ring (bicyclic) bond motifs is 1. The average Bonchev–Trinajstić information content (AvgIpc) is 2.69. The summed E-state index contributed by atoms with van der Waals surface area (Å²) in [5, 5.41) is 1.02. The molecule has 26 heavy (non-hydrogen) atoms. The van der Waals surface area contributed by atoms with E-state index in [9.17, 15) is 4.39 Å². The minimum Gasteiger partial charge on any atom is -0.264 e. The molecule has 0 aliphatic carbocycles. The minimum atomic E-state index is -0.180. The SMILES string of the molecule is CCc1cccc(-c2ccc3cnccc3n2)c1-c1ccc(F)c(C)c1. The first-order valence-corrected chi connectivity index (χ1v) is 8.77. The van der Waals surface area contributed by atoms with Crippen molar-refractivity contribution in [3.63, 3.8) is 0 Å². The summed E-state index contributed by atoms with van der Waals surface area (Å²) in [6, 6.07) is 17.6. The van der Waals surface area contributed by atoms with Crippen LogP contribution in [0.2, 0.25) is 0 Å². The van der Waals surface area contributed by atoms with Crippen LogP contribution in [0, 0.1) is 12.7 Å². The zero-order valence-electron chi connectivity index (χ0n) is 14.8. The second kappa shape index (κ2) is 6.68. The van der Waals surface area contributed by atoms with Gasteiger partial charge in [-0.25, -0.2) is 9.37 Å². The summed E-state index contributed by atoms with van der Waals surface area (Å²) in [7, 11) is 0. The summed E-state index contributed by atoms with van der Waals surface area (Å²) < 4.78 is 13.8. The largest absolute Gasteiger partial charge is 0.264 e. The molecule has 0 fully saturated rings. The van der Waals surface area contributed by atoms with E-state index in [0.29, 0.717) is 5.56 Å². The van der Waals surface area contributed by atoms with Gasteiger partial charge in [0.2, 0.25) is 0 Å². The van der Waals surface area contributed by atoms with Crippen molar-refractivity contribution in [3.8, 4) is 22.4 Å². The number of halogens is 1. The lowest BCUT2D eigenvalue weighted by molar-refractivity contribution is 0.619. The molecule has 4 rings (SSSR count). The fourth-order valence-corrected chi connectivity index (χ4v) is 3.36. The fraction of sp³-hybridized carbons (Fsp3) is 0.130. The summed E-state index contributed by atoms with van der Waals surface area (Å²) in [5.74, 6) is -0.180. The van der Waals surface area contributed by atoms with Crippen LogP contribution >= 0.6 is 0 Å². The normalized spacial score (nSPS) is 11.0. The Morgan fingerprint density at radius 2 is 1.88 bits per heavy atom. The first kappa shape index (κ1) is 16.4. The van der Waals surface area contributed by atoms with Crippen LogP contribution in [-0.4, -0.2) is 9.97 Å². The monoisotopic (exact) mass is 342 g/mol. The van der Waals surface area contributed by atoms with Crippen molar-refractivity contribution in [1.29, 1.82) is 0 Å². The molecule has 128 valence electrons. The molecule has 0 spiro atoms. The van der Waals surface area contributed by atoms with Gasteiger partial charge in [0.25, 0.3) is 0 Å². The molecule has 0 atom stereocenters. The zero-order valence-corrected chi connectivity index (χ0v) is 14.8. The molecule has 4 aromatic rings. The third kappa shape index (κ3) is 2.86. The highest BCUT2D eigenvalue weighted by Gasteiger charge is 2.14. The second-order valence-corrected chi connectivity index (χ2v) is 6.42. The molecule has 0 N–H and O–H groups in total. The predicted octanol–water partition coefficient (Wildman–Crippen LogP) is 5.97. The molecule has 2 nitrogen and oxygen atoms in total. The Kier molecular flexibility index (Phi) is 4.21. The molecule has 0 radical (unpaired) electrons. The second-order valence-electron chi connectivity index (χ2n) is 6.42.